The third-order valence-corrected chi connectivity index (χ3v) is 3.66. The van der Waals surface area contributed by atoms with E-state index >= 15 is 0 Å². The Hall–Kier alpha value is -2.10. The van der Waals surface area contributed by atoms with Crippen molar-refractivity contribution >= 4 is 22.7 Å². The van der Waals surface area contributed by atoms with Gasteiger partial charge in [-0.15, -0.1) is 0 Å². The average Bonchev–Trinajstić information content (AvgIpc) is 2.43. The summed E-state index contributed by atoms with van der Waals surface area (Å²) in [6.07, 6.45) is 6.26. The van der Waals surface area contributed by atoms with Crippen LogP contribution in [0.15, 0.2) is 24.3 Å². The molecule has 0 aliphatic heterocycles. The molecule has 2 rings (SSSR count). The molecule has 0 saturated carbocycles. The molecule has 1 aromatic carbocycles. The molecule has 1 aromatic heterocycles. The van der Waals surface area contributed by atoms with Crippen LogP contribution in [0.25, 0.3) is 10.9 Å². The molecule has 0 amide bonds. The lowest BCUT2D eigenvalue weighted by atomic mass is 10.0. The van der Waals surface area contributed by atoms with Gasteiger partial charge in [0.15, 0.2) is 5.96 Å². The minimum atomic E-state index is -0.0891. The molecule has 0 saturated heterocycles. The standard InChI is InChI=1S/C17H24N4/c1-3-4-5-6-7-13-8-9-15-14(11-13)12(2)10-16(20-15)21-17(18)19/h8-11H,3-7H2,1-2H3,(H4,18,19,20,21). The number of nitrogens with two attached hydrogens (primary N) is 1. The highest BCUT2D eigenvalue weighted by molar-refractivity contribution is 5.91. The number of rotatable bonds is 6. The van der Waals surface area contributed by atoms with Crippen LogP contribution >= 0.6 is 0 Å². The van der Waals surface area contributed by atoms with Crippen molar-refractivity contribution in [3.8, 4) is 0 Å². The SMILES string of the molecule is CCCCCCc1ccc2nc(NC(=N)N)cc(C)c2c1. The molecule has 2 aromatic rings. The maximum absolute atomic E-state index is 7.28. The average molecular weight is 284 g/mol. The van der Waals surface area contributed by atoms with Crippen LogP contribution in [0.4, 0.5) is 5.82 Å². The summed E-state index contributed by atoms with van der Waals surface area (Å²) in [5.41, 5.74) is 8.82. The molecule has 0 radical (unpaired) electrons. The Labute approximate surface area is 126 Å². The van der Waals surface area contributed by atoms with Gasteiger partial charge in [0.2, 0.25) is 0 Å². The number of aromatic nitrogens is 1. The normalized spacial score (nSPS) is 10.8. The molecular weight excluding hydrogens is 260 g/mol. The topological polar surface area (TPSA) is 74.8 Å². The second-order valence-corrected chi connectivity index (χ2v) is 5.53. The number of hydrogen-bond acceptors (Lipinski definition) is 2. The van der Waals surface area contributed by atoms with Gasteiger partial charge in [0.1, 0.15) is 5.82 Å². The van der Waals surface area contributed by atoms with E-state index in [1.807, 2.05) is 6.07 Å². The van der Waals surface area contributed by atoms with Gasteiger partial charge in [-0.1, -0.05) is 32.3 Å². The number of hydrogen-bond donors (Lipinski definition) is 3. The fourth-order valence-corrected chi connectivity index (χ4v) is 2.55. The van der Waals surface area contributed by atoms with E-state index in [1.54, 1.807) is 0 Å². The molecule has 4 nitrogen and oxygen atoms in total. The first-order chi connectivity index (χ1) is 10.1. The molecule has 4 heteroatoms. The third kappa shape index (κ3) is 4.18. The molecule has 112 valence electrons. The van der Waals surface area contributed by atoms with Gasteiger partial charge in [0.25, 0.3) is 0 Å². The number of anilines is 1. The second-order valence-electron chi connectivity index (χ2n) is 5.53. The molecule has 0 aliphatic carbocycles. The number of fused-ring (bicyclic) bond motifs is 1. The van der Waals surface area contributed by atoms with Crippen LogP contribution in [0.5, 0.6) is 0 Å². The van der Waals surface area contributed by atoms with Crippen LogP contribution in [0.2, 0.25) is 0 Å². The summed E-state index contributed by atoms with van der Waals surface area (Å²) >= 11 is 0. The van der Waals surface area contributed by atoms with Crippen LogP contribution in [0, 0.1) is 12.3 Å². The maximum atomic E-state index is 7.28. The molecule has 4 N–H and O–H groups in total. The predicted molar refractivity (Wildman–Crippen MR) is 89.9 cm³/mol. The van der Waals surface area contributed by atoms with E-state index in [9.17, 15) is 0 Å². The summed E-state index contributed by atoms with van der Waals surface area (Å²) in [6, 6.07) is 8.38. The van der Waals surface area contributed by atoms with Gasteiger partial charge in [0, 0.05) is 5.39 Å². The monoisotopic (exact) mass is 284 g/mol. The van der Waals surface area contributed by atoms with Gasteiger partial charge in [-0.2, -0.15) is 0 Å². The van der Waals surface area contributed by atoms with Crippen molar-refractivity contribution in [3.63, 3.8) is 0 Å². The molecule has 1 heterocycles. The number of benzene rings is 1. The zero-order valence-corrected chi connectivity index (χ0v) is 12.9. The van der Waals surface area contributed by atoms with Crippen LogP contribution in [-0.4, -0.2) is 10.9 Å². The predicted octanol–water partition coefficient (Wildman–Crippen LogP) is 3.97. The minimum absolute atomic E-state index is 0.0891. The van der Waals surface area contributed by atoms with Gasteiger partial charge < -0.3 is 11.1 Å². The summed E-state index contributed by atoms with van der Waals surface area (Å²) in [5.74, 6) is 0.539. The van der Waals surface area contributed by atoms with Crippen LogP contribution in [0.1, 0.15) is 43.7 Å². The van der Waals surface area contributed by atoms with Crippen molar-refractivity contribution in [1.82, 2.24) is 4.98 Å². The van der Waals surface area contributed by atoms with Gasteiger partial charge >= 0.3 is 0 Å². The third-order valence-electron chi connectivity index (χ3n) is 3.66. The lowest BCUT2D eigenvalue weighted by Crippen LogP contribution is -2.21. The summed E-state index contributed by atoms with van der Waals surface area (Å²) in [4.78, 5) is 4.50. The fourth-order valence-electron chi connectivity index (χ4n) is 2.55. The van der Waals surface area contributed by atoms with Crippen molar-refractivity contribution in [3.05, 3.63) is 35.4 Å². The summed E-state index contributed by atoms with van der Waals surface area (Å²) in [5, 5.41) is 11.2. The summed E-state index contributed by atoms with van der Waals surface area (Å²) in [7, 11) is 0. The van der Waals surface area contributed by atoms with E-state index in [1.165, 1.54) is 36.6 Å². The van der Waals surface area contributed by atoms with Gasteiger partial charge in [-0.3, -0.25) is 5.41 Å². The minimum Gasteiger partial charge on any atom is -0.370 e. The van der Waals surface area contributed by atoms with E-state index in [2.05, 4.69) is 42.3 Å². The highest BCUT2D eigenvalue weighted by atomic mass is 15.1. The Morgan fingerprint density at radius 3 is 2.76 bits per heavy atom. The van der Waals surface area contributed by atoms with Crippen LogP contribution in [0.3, 0.4) is 0 Å². The smallest absolute Gasteiger partial charge is 0.191 e. The zero-order valence-electron chi connectivity index (χ0n) is 12.9. The van der Waals surface area contributed by atoms with E-state index in [0.717, 1.165) is 17.5 Å². The molecule has 0 unspecified atom stereocenters. The molecule has 0 atom stereocenters. The quantitative estimate of drug-likeness (QED) is 0.427. The van der Waals surface area contributed by atoms with Crippen molar-refractivity contribution in [1.29, 1.82) is 5.41 Å². The lowest BCUT2D eigenvalue weighted by molar-refractivity contribution is 0.667. The first-order valence-electron chi connectivity index (χ1n) is 7.61. The van der Waals surface area contributed by atoms with E-state index < -0.39 is 0 Å². The van der Waals surface area contributed by atoms with Crippen LogP contribution < -0.4 is 11.1 Å². The first kappa shape index (κ1) is 15.3. The zero-order chi connectivity index (χ0) is 15.2. The Kier molecular flexibility index (Phi) is 5.14. The molecule has 21 heavy (non-hydrogen) atoms. The fraction of sp³-hybridized carbons (Fsp3) is 0.412. The molecule has 0 aliphatic rings. The first-order valence-corrected chi connectivity index (χ1v) is 7.61. The molecule has 0 bridgehead atoms. The van der Waals surface area contributed by atoms with Gasteiger partial charge in [0.05, 0.1) is 5.52 Å². The summed E-state index contributed by atoms with van der Waals surface area (Å²) < 4.78 is 0. The number of unbranched alkanes of at least 4 members (excludes halogenated alkanes) is 3. The number of nitrogens with zero attached hydrogens (tertiary/aromatic N) is 1. The van der Waals surface area contributed by atoms with Crippen LogP contribution in [-0.2, 0) is 6.42 Å². The number of pyridine rings is 1. The number of nitrogens with one attached hydrogen (secondary N) is 2. The van der Waals surface area contributed by atoms with E-state index in [4.69, 9.17) is 11.1 Å². The van der Waals surface area contributed by atoms with Gasteiger partial charge in [-0.05, 0) is 49.1 Å². The molecule has 0 fully saturated rings. The van der Waals surface area contributed by atoms with Crippen molar-refractivity contribution in [2.24, 2.45) is 5.73 Å². The largest absolute Gasteiger partial charge is 0.370 e. The Morgan fingerprint density at radius 1 is 1.24 bits per heavy atom. The number of aryl methyl sites for hydroxylation is 2. The highest BCUT2D eigenvalue weighted by Crippen LogP contribution is 2.22. The Bertz CT molecular complexity index is 634. The maximum Gasteiger partial charge on any atom is 0.191 e. The molecule has 0 spiro atoms. The Morgan fingerprint density at radius 2 is 2.05 bits per heavy atom. The van der Waals surface area contributed by atoms with E-state index in [0.29, 0.717) is 5.82 Å². The number of guanidine groups is 1. The van der Waals surface area contributed by atoms with E-state index in [-0.39, 0.29) is 5.96 Å². The van der Waals surface area contributed by atoms with Crippen molar-refractivity contribution in [2.75, 3.05) is 5.32 Å². The summed E-state index contributed by atoms with van der Waals surface area (Å²) in [6.45, 7) is 4.30. The molecular formula is C17H24N4. The second kappa shape index (κ2) is 7.07. The van der Waals surface area contributed by atoms with Gasteiger partial charge in [-0.25, -0.2) is 4.98 Å². The van der Waals surface area contributed by atoms with Crippen molar-refractivity contribution < 1.29 is 0 Å². The highest BCUT2D eigenvalue weighted by Gasteiger charge is 2.05. The van der Waals surface area contributed by atoms with Crippen molar-refractivity contribution in [2.45, 2.75) is 46.0 Å². The lowest BCUT2D eigenvalue weighted by Gasteiger charge is -2.09. The Balaban J connectivity index is 2.19.